The average Bonchev–Trinajstić information content (AvgIpc) is 2.54. The summed E-state index contributed by atoms with van der Waals surface area (Å²) in [5, 5.41) is 3.92. The molecule has 0 saturated carbocycles. The van der Waals surface area contributed by atoms with Gasteiger partial charge in [-0.2, -0.15) is 0 Å². The van der Waals surface area contributed by atoms with Gasteiger partial charge in [-0.15, -0.1) is 0 Å². The smallest absolute Gasteiger partial charge is 0.258 e. The summed E-state index contributed by atoms with van der Waals surface area (Å²) in [5.41, 5.74) is 2.69. The van der Waals surface area contributed by atoms with E-state index >= 15 is 0 Å². The third kappa shape index (κ3) is 2.91. The highest BCUT2D eigenvalue weighted by molar-refractivity contribution is 5.78. The van der Waals surface area contributed by atoms with Gasteiger partial charge in [0.15, 0.2) is 0 Å². The Labute approximate surface area is 122 Å². The number of hydrogen-bond acceptors (Lipinski definition) is 4. The van der Waals surface area contributed by atoms with E-state index in [0.29, 0.717) is 11.9 Å². The first kappa shape index (κ1) is 13.3. The van der Waals surface area contributed by atoms with Crippen LogP contribution < -0.4 is 10.9 Å². The zero-order chi connectivity index (χ0) is 14.7. The fourth-order valence-electron chi connectivity index (χ4n) is 2.19. The van der Waals surface area contributed by atoms with Crippen molar-refractivity contribution in [2.24, 2.45) is 0 Å². The predicted molar refractivity (Wildman–Crippen MR) is 83.3 cm³/mol. The predicted octanol–water partition coefficient (Wildman–Crippen LogP) is 2.49. The van der Waals surface area contributed by atoms with Crippen molar-refractivity contribution >= 4 is 16.6 Å². The second-order valence-corrected chi connectivity index (χ2v) is 4.81. The maximum absolute atomic E-state index is 12.1. The van der Waals surface area contributed by atoms with Crippen LogP contribution in [0.3, 0.4) is 0 Å². The highest BCUT2D eigenvalue weighted by Gasteiger charge is 2.04. The van der Waals surface area contributed by atoms with E-state index in [4.69, 9.17) is 0 Å². The van der Waals surface area contributed by atoms with Crippen LogP contribution in [-0.2, 0) is 13.0 Å². The van der Waals surface area contributed by atoms with Crippen LogP contribution in [0.5, 0.6) is 0 Å². The lowest BCUT2D eigenvalue weighted by molar-refractivity contribution is 0.943. The van der Waals surface area contributed by atoms with Crippen LogP contribution in [0.2, 0.25) is 0 Å². The van der Waals surface area contributed by atoms with E-state index in [0.717, 1.165) is 29.0 Å². The molecule has 0 saturated heterocycles. The van der Waals surface area contributed by atoms with Crippen LogP contribution in [0.15, 0.2) is 47.5 Å². The van der Waals surface area contributed by atoms with Crippen molar-refractivity contribution in [2.75, 3.05) is 5.32 Å². The molecular weight excluding hydrogens is 264 g/mol. The summed E-state index contributed by atoms with van der Waals surface area (Å²) in [6, 6.07) is 9.58. The lowest BCUT2D eigenvalue weighted by atomic mass is 10.1. The Morgan fingerprint density at radius 2 is 2.00 bits per heavy atom. The number of aromatic amines is 1. The maximum Gasteiger partial charge on any atom is 0.258 e. The van der Waals surface area contributed by atoms with Gasteiger partial charge >= 0.3 is 0 Å². The van der Waals surface area contributed by atoms with Gasteiger partial charge < -0.3 is 10.3 Å². The average molecular weight is 280 g/mol. The third-order valence-electron chi connectivity index (χ3n) is 3.33. The molecule has 0 aliphatic rings. The Hall–Kier alpha value is -2.69. The van der Waals surface area contributed by atoms with Crippen LogP contribution in [0.1, 0.15) is 18.3 Å². The summed E-state index contributed by atoms with van der Waals surface area (Å²) in [5.74, 6) is 0.718. The summed E-state index contributed by atoms with van der Waals surface area (Å²) in [7, 11) is 0. The Morgan fingerprint density at radius 1 is 1.19 bits per heavy atom. The number of hydrogen-bond donors (Lipinski definition) is 2. The number of rotatable bonds is 4. The first-order valence-corrected chi connectivity index (χ1v) is 6.92. The van der Waals surface area contributed by atoms with E-state index in [1.54, 1.807) is 12.4 Å². The van der Waals surface area contributed by atoms with Crippen LogP contribution in [0.4, 0.5) is 5.69 Å². The third-order valence-corrected chi connectivity index (χ3v) is 3.33. The Bertz CT molecular complexity index is 811. The molecule has 2 aromatic heterocycles. The summed E-state index contributed by atoms with van der Waals surface area (Å²) in [6.07, 6.45) is 4.20. The van der Waals surface area contributed by atoms with Crippen molar-refractivity contribution in [3.63, 3.8) is 0 Å². The standard InChI is InChI=1S/C16H16N4O/c1-2-15-19-14-4-3-11(9-13(14)16(21)20-15)10-18-12-5-7-17-8-6-12/h3-9H,2,10H2,1H3,(H,17,18)(H,19,20,21). The van der Waals surface area contributed by atoms with Gasteiger partial charge in [0.05, 0.1) is 10.9 Å². The molecule has 0 unspecified atom stereocenters. The minimum Gasteiger partial charge on any atom is -0.381 e. The number of H-pyrrole nitrogens is 1. The fraction of sp³-hybridized carbons (Fsp3) is 0.188. The Morgan fingerprint density at radius 3 is 2.76 bits per heavy atom. The molecule has 3 aromatic rings. The Kier molecular flexibility index (Phi) is 3.64. The molecule has 1 aromatic carbocycles. The second-order valence-electron chi connectivity index (χ2n) is 4.81. The first-order valence-electron chi connectivity index (χ1n) is 6.92. The summed E-state index contributed by atoms with van der Waals surface area (Å²) >= 11 is 0. The number of nitrogens with zero attached hydrogens (tertiary/aromatic N) is 2. The van der Waals surface area contributed by atoms with Gasteiger partial charge in [0, 0.05) is 31.0 Å². The molecule has 0 fully saturated rings. The summed E-state index contributed by atoms with van der Waals surface area (Å²) in [4.78, 5) is 23.3. The summed E-state index contributed by atoms with van der Waals surface area (Å²) < 4.78 is 0. The van der Waals surface area contributed by atoms with E-state index in [9.17, 15) is 4.79 Å². The van der Waals surface area contributed by atoms with E-state index < -0.39 is 0 Å². The number of aryl methyl sites for hydroxylation is 1. The number of pyridine rings is 1. The van der Waals surface area contributed by atoms with Crippen molar-refractivity contribution in [1.82, 2.24) is 15.0 Å². The molecule has 5 heteroatoms. The molecule has 106 valence electrons. The molecule has 2 N–H and O–H groups in total. The molecule has 0 aliphatic heterocycles. The number of benzene rings is 1. The van der Waals surface area contributed by atoms with Gasteiger partial charge in [-0.3, -0.25) is 9.78 Å². The van der Waals surface area contributed by atoms with Gasteiger partial charge in [-0.05, 0) is 29.8 Å². The molecule has 5 nitrogen and oxygen atoms in total. The molecule has 0 spiro atoms. The van der Waals surface area contributed by atoms with Crippen molar-refractivity contribution in [2.45, 2.75) is 19.9 Å². The van der Waals surface area contributed by atoms with E-state index in [1.165, 1.54) is 0 Å². The van der Waals surface area contributed by atoms with Crippen LogP contribution in [0.25, 0.3) is 10.9 Å². The van der Waals surface area contributed by atoms with Crippen molar-refractivity contribution < 1.29 is 0 Å². The minimum atomic E-state index is -0.0809. The normalized spacial score (nSPS) is 10.7. The minimum absolute atomic E-state index is 0.0809. The van der Waals surface area contributed by atoms with E-state index in [2.05, 4.69) is 20.3 Å². The molecule has 0 atom stereocenters. The zero-order valence-corrected chi connectivity index (χ0v) is 11.8. The number of anilines is 1. The van der Waals surface area contributed by atoms with Gasteiger partial charge in [-0.25, -0.2) is 4.98 Å². The number of nitrogens with one attached hydrogen (secondary N) is 2. The quantitative estimate of drug-likeness (QED) is 0.770. The molecule has 2 heterocycles. The van der Waals surface area contributed by atoms with Gasteiger partial charge in [0.25, 0.3) is 5.56 Å². The largest absolute Gasteiger partial charge is 0.381 e. The van der Waals surface area contributed by atoms with Crippen molar-refractivity contribution in [3.8, 4) is 0 Å². The first-order chi connectivity index (χ1) is 10.3. The molecule has 0 amide bonds. The monoisotopic (exact) mass is 280 g/mol. The van der Waals surface area contributed by atoms with Crippen molar-refractivity contribution in [3.05, 3.63) is 64.5 Å². The van der Waals surface area contributed by atoms with Gasteiger partial charge in [-0.1, -0.05) is 13.0 Å². The van der Waals surface area contributed by atoms with Crippen LogP contribution in [0, 0.1) is 0 Å². The SMILES string of the molecule is CCc1nc2ccc(CNc3ccncc3)cc2c(=O)[nH]1. The molecule has 0 aliphatic carbocycles. The van der Waals surface area contributed by atoms with Crippen molar-refractivity contribution in [1.29, 1.82) is 0 Å². The molecular formula is C16H16N4O. The second kappa shape index (κ2) is 5.75. The van der Waals surface area contributed by atoms with Crippen LogP contribution >= 0.6 is 0 Å². The van der Waals surface area contributed by atoms with Crippen LogP contribution in [-0.4, -0.2) is 15.0 Å². The highest BCUT2D eigenvalue weighted by atomic mass is 16.1. The molecule has 3 rings (SSSR count). The fourth-order valence-corrected chi connectivity index (χ4v) is 2.19. The molecule has 21 heavy (non-hydrogen) atoms. The summed E-state index contributed by atoms with van der Waals surface area (Å²) in [6.45, 7) is 2.62. The lowest BCUT2D eigenvalue weighted by Crippen LogP contribution is -2.12. The highest BCUT2D eigenvalue weighted by Crippen LogP contribution is 2.13. The number of aromatic nitrogens is 3. The lowest BCUT2D eigenvalue weighted by Gasteiger charge is -2.07. The Balaban J connectivity index is 1.87. The molecule has 0 radical (unpaired) electrons. The van der Waals surface area contributed by atoms with Gasteiger partial charge in [0.2, 0.25) is 0 Å². The topological polar surface area (TPSA) is 70.7 Å². The zero-order valence-electron chi connectivity index (χ0n) is 11.8. The van der Waals surface area contributed by atoms with Gasteiger partial charge in [0.1, 0.15) is 5.82 Å². The molecule has 0 bridgehead atoms. The van der Waals surface area contributed by atoms with E-state index in [1.807, 2.05) is 37.3 Å². The maximum atomic E-state index is 12.1. The van der Waals surface area contributed by atoms with E-state index in [-0.39, 0.29) is 5.56 Å². The number of fused-ring (bicyclic) bond motifs is 1.